The molecule has 0 radical (unpaired) electrons. The van der Waals surface area contributed by atoms with Crippen LogP contribution < -0.4 is 20.1 Å². The van der Waals surface area contributed by atoms with Crippen LogP contribution in [-0.4, -0.2) is 46.4 Å². The van der Waals surface area contributed by atoms with E-state index in [1.807, 2.05) is 48.5 Å². The molecule has 4 aromatic rings. The Morgan fingerprint density at radius 1 is 0.744 bits per heavy atom. The Balaban J connectivity index is 1.13. The van der Waals surface area contributed by atoms with E-state index in [1.165, 1.54) is 22.7 Å². The summed E-state index contributed by atoms with van der Waals surface area (Å²) in [6.45, 7) is 0. The van der Waals surface area contributed by atoms with E-state index in [4.69, 9.17) is 9.47 Å². The molecule has 1 saturated carbocycles. The van der Waals surface area contributed by atoms with Crippen LogP contribution in [-0.2, 0) is 22.4 Å². The second kappa shape index (κ2) is 12.3. The van der Waals surface area contributed by atoms with Gasteiger partial charge < -0.3 is 20.1 Å². The molecule has 202 valence electrons. The number of carbonyl (C=O) groups is 2. The standard InChI is InChI=1S/C27H28N6O4S2/c1-36-20-9-5-3-7-16(20)14-22(34)28-26-32-30-24(38-26)18-11-12-19(13-18)25-31-33-27(39-25)29-23(35)15-17-8-4-6-10-21(17)37-2/h3-10,18-19H,11-15H2,1-2H3,(H,28,32,34)(H,29,33,35)/t18-,19-/m1/s1. The number of nitrogens with zero attached hydrogens (tertiary/aromatic N) is 4. The van der Waals surface area contributed by atoms with Gasteiger partial charge in [0.2, 0.25) is 22.1 Å². The van der Waals surface area contributed by atoms with Crippen molar-refractivity contribution in [3.63, 3.8) is 0 Å². The molecule has 0 aliphatic heterocycles. The molecule has 1 aliphatic carbocycles. The van der Waals surface area contributed by atoms with Crippen LogP contribution in [0.5, 0.6) is 11.5 Å². The average Bonchev–Trinajstić information content (AvgIpc) is 3.70. The number of aromatic nitrogens is 4. The van der Waals surface area contributed by atoms with E-state index in [2.05, 4.69) is 31.0 Å². The van der Waals surface area contributed by atoms with Gasteiger partial charge in [-0.25, -0.2) is 0 Å². The van der Waals surface area contributed by atoms with Gasteiger partial charge in [0, 0.05) is 23.0 Å². The first-order valence-corrected chi connectivity index (χ1v) is 14.2. The molecular formula is C27H28N6O4S2. The summed E-state index contributed by atoms with van der Waals surface area (Å²) in [5.41, 5.74) is 1.63. The zero-order chi connectivity index (χ0) is 27.2. The highest BCUT2D eigenvalue weighted by molar-refractivity contribution is 7.15. The van der Waals surface area contributed by atoms with Crippen molar-refractivity contribution >= 4 is 44.8 Å². The summed E-state index contributed by atoms with van der Waals surface area (Å²) in [4.78, 5) is 25.1. The molecule has 0 spiro atoms. The molecule has 0 saturated heterocycles. The number of hydrogen-bond acceptors (Lipinski definition) is 10. The molecule has 2 aromatic heterocycles. The molecule has 5 rings (SSSR count). The minimum atomic E-state index is -0.166. The highest BCUT2D eigenvalue weighted by Crippen LogP contribution is 2.45. The molecule has 0 unspecified atom stereocenters. The third-order valence-corrected chi connectivity index (χ3v) is 8.59. The van der Waals surface area contributed by atoms with Gasteiger partial charge >= 0.3 is 0 Å². The number of ether oxygens (including phenoxy) is 2. The van der Waals surface area contributed by atoms with Crippen LogP contribution in [0.3, 0.4) is 0 Å². The minimum absolute atomic E-state index is 0.166. The number of hydrogen-bond donors (Lipinski definition) is 2. The lowest BCUT2D eigenvalue weighted by atomic mass is 10.1. The van der Waals surface area contributed by atoms with Crippen LogP contribution >= 0.6 is 22.7 Å². The Labute approximate surface area is 233 Å². The van der Waals surface area contributed by atoms with Gasteiger partial charge in [-0.3, -0.25) is 9.59 Å². The van der Waals surface area contributed by atoms with Crippen molar-refractivity contribution in [3.8, 4) is 11.5 Å². The maximum absolute atomic E-state index is 12.6. The zero-order valence-corrected chi connectivity index (χ0v) is 23.2. The SMILES string of the molecule is COc1ccccc1CC(=O)Nc1nnc([C@@H]2CC[C@@H](c3nnc(NC(=O)Cc4ccccc4OC)s3)C2)s1. The summed E-state index contributed by atoms with van der Waals surface area (Å²) >= 11 is 2.82. The van der Waals surface area contributed by atoms with Crippen molar-refractivity contribution in [2.75, 3.05) is 24.9 Å². The molecule has 2 heterocycles. The molecular weight excluding hydrogens is 536 g/mol. The van der Waals surface area contributed by atoms with E-state index in [0.29, 0.717) is 21.8 Å². The summed E-state index contributed by atoms with van der Waals surface area (Å²) in [6.07, 6.45) is 3.15. The lowest BCUT2D eigenvalue weighted by Crippen LogP contribution is -2.14. The Kier molecular flexibility index (Phi) is 8.42. The quantitative estimate of drug-likeness (QED) is 0.281. The molecule has 12 heteroatoms. The van der Waals surface area contributed by atoms with E-state index in [0.717, 1.165) is 40.4 Å². The Morgan fingerprint density at radius 3 is 1.62 bits per heavy atom. The van der Waals surface area contributed by atoms with Gasteiger partial charge in [0.05, 0.1) is 27.1 Å². The summed E-state index contributed by atoms with van der Waals surface area (Å²) in [7, 11) is 3.18. The Hall–Kier alpha value is -3.90. The normalized spacial score (nSPS) is 16.6. The predicted octanol–water partition coefficient (Wildman–Crippen LogP) is 4.82. The number of amides is 2. The van der Waals surface area contributed by atoms with Gasteiger partial charge in [0.15, 0.2) is 0 Å². The first-order valence-electron chi connectivity index (χ1n) is 12.5. The molecule has 2 aromatic carbocycles. The number of para-hydroxylation sites is 2. The van der Waals surface area contributed by atoms with Crippen molar-refractivity contribution in [1.29, 1.82) is 0 Å². The molecule has 2 amide bonds. The van der Waals surface area contributed by atoms with Gasteiger partial charge in [-0.1, -0.05) is 59.1 Å². The van der Waals surface area contributed by atoms with E-state index in [-0.39, 0.29) is 36.5 Å². The second-order valence-electron chi connectivity index (χ2n) is 9.17. The largest absolute Gasteiger partial charge is 0.496 e. The lowest BCUT2D eigenvalue weighted by Gasteiger charge is -2.07. The average molecular weight is 565 g/mol. The van der Waals surface area contributed by atoms with Crippen LogP contribution in [0, 0.1) is 0 Å². The molecule has 39 heavy (non-hydrogen) atoms. The third kappa shape index (κ3) is 6.58. The summed E-state index contributed by atoms with van der Waals surface area (Å²) in [5.74, 6) is 1.50. The zero-order valence-electron chi connectivity index (χ0n) is 21.5. The van der Waals surface area contributed by atoms with Crippen molar-refractivity contribution in [3.05, 3.63) is 69.7 Å². The molecule has 1 fully saturated rings. The fourth-order valence-electron chi connectivity index (χ4n) is 4.70. The molecule has 2 atom stereocenters. The maximum Gasteiger partial charge on any atom is 0.230 e. The van der Waals surface area contributed by atoms with Gasteiger partial charge in [0.1, 0.15) is 21.5 Å². The second-order valence-corrected chi connectivity index (χ2v) is 11.2. The maximum atomic E-state index is 12.6. The van der Waals surface area contributed by atoms with Gasteiger partial charge in [-0.15, -0.1) is 20.4 Å². The van der Waals surface area contributed by atoms with Crippen molar-refractivity contribution in [1.82, 2.24) is 20.4 Å². The molecule has 0 bridgehead atoms. The number of rotatable bonds is 10. The molecule has 1 aliphatic rings. The van der Waals surface area contributed by atoms with E-state index in [9.17, 15) is 9.59 Å². The van der Waals surface area contributed by atoms with Crippen molar-refractivity contribution in [2.45, 2.75) is 43.9 Å². The number of methoxy groups -OCH3 is 2. The van der Waals surface area contributed by atoms with Gasteiger partial charge in [0.25, 0.3) is 0 Å². The number of carbonyl (C=O) groups excluding carboxylic acids is 2. The van der Waals surface area contributed by atoms with Gasteiger partial charge in [-0.05, 0) is 31.4 Å². The predicted molar refractivity (Wildman–Crippen MR) is 150 cm³/mol. The minimum Gasteiger partial charge on any atom is -0.496 e. The van der Waals surface area contributed by atoms with Crippen molar-refractivity contribution in [2.24, 2.45) is 0 Å². The van der Waals surface area contributed by atoms with Crippen LogP contribution in [0.1, 0.15) is 52.2 Å². The van der Waals surface area contributed by atoms with Crippen LogP contribution in [0.25, 0.3) is 0 Å². The highest BCUT2D eigenvalue weighted by atomic mass is 32.1. The summed E-state index contributed by atoms with van der Waals surface area (Å²) in [5, 5.41) is 25.6. The van der Waals surface area contributed by atoms with Gasteiger partial charge in [-0.2, -0.15) is 0 Å². The number of nitrogens with one attached hydrogen (secondary N) is 2. The van der Waals surface area contributed by atoms with Crippen LogP contribution in [0.4, 0.5) is 10.3 Å². The van der Waals surface area contributed by atoms with Crippen molar-refractivity contribution < 1.29 is 19.1 Å². The number of benzene rings is 2. The third-order valence-electron chi connectivity index (χ3n) is 6.59. The highest BCUT2D eigenvalue weighted by Gasteiger charge is 2.32. The lowest BCUT2D eigenvalue weighted by molar-refractivity contribution is -0.116. The molecule has 10 nitrogen and oxygen atoms in total. The summed E-state index contributed by atoms with van der Waals surface area (Å²) in [6, 6.07) is 14.9. The monoisotopic (exact) mass is 564 g/mol. The number of anilines is 2. The first-order chi connectivity index (χ1) is 19.0. The fourth-order valence-corrected chi connectivity index (χ4v) is 6.52. The first kappa shape index (κ1) is 26.7. The van der Waals surface area contributed by atoms with Crippen LogP contribution in [0.2, 0.25) is 0 Å². The van der Waals surface area contributed by atoms with Crippen LogP contribution in [0.15, 0.2) is 48.5 Å². The topological polar surface area (TPSA) is 128 Å². The fraction of sp³-hybridized carbons (Fsp3) is 0.333. The Morgan fingerprint density at radius 2 is 1.18 bits per heavy atom. The summed E-state index contributed by atoms with van der Waals surface area (Å²) < 4.78 is 10.7. The molecule has 2 N–H and O–H groups in total. The van der Waals surface area contributed by atoms with E-state index >= 15 is 0 Å². The van der Waals surface area contributed by atoms with E-state index in [1.54, 1.807) is 14.2 Å². The Bertz CT molecular complexity index is 1350. The van der Waals surface area contributed by atoms with E-state index < -0.39 is 0 Å². The smallest absolute Gasteiger partial charge is 0.230 e.